The quantitative estimate of drug-likeness (QED) is 0.0226. The van der Waals surface area contributed by atoms with Crippen LogP contribution >= 0.6 is 12.6 Å². The second-order valence-corrected chi connectivity index (χ2v) is 13.5. The highest BCUT2D eigenvalue weighted by molar-refractivity contribution is 7.80. The number of hydrogen-bond acceptors (Lipinski definition) is 11. The number of carboxylic acids is 3. The van der Waals surface area contributed by atoms with Gasteiger partial charge in [0.15, 0.2) is 5.96 Å². The number of hydrogen-bond donors (Lipinski definition) is 13. The molecule has 0 fully saturated rings. The summed E-state index contributed by atoms with van der Waals surface area (Å²) in [5.41, 5.74) is 17.7. The van der Waals surface area contributed by atoms with E-state index in [1.165, 1.54) is 13.8 Å². The second kappa shape index (κ2) is 22.5. The second-order valence-electron chi connectivity index (χ2n) is 13.1. The van der Waals surface area contributed by atoms with Gasteiger partial charge in [0.2, 0.25) is 29.5 Å². The van der Waals surface area contributed by atoms with E-state index in [2.05, 4.69) is 49.2 Å². The Balaban J connectivity index is 2.28. The molecule has 0 spiro atoms. The molecule has 308 valence electrons. The number of nitrogens with two attached hydrogens (primary N) is 3. The highest BCUT2D eigenvalue weighted by atomic mass is 32.1. The van der Waals surface area contributed by atoms with Crippen LogP contribution in [0.2, 0.25) is 0 Å². The van der Waals surface area contributed by atoms with Crippen molar-refractivity contribution in [3.05, 3.63) is 36.0 Å². The van der Waals surface area contributed by atoms with Gasteiger partial charge in [-0.25, -0.2) is 4.79 Å². The fourth-order valence-corrected chi connectivity index (χ4v) is 5.54. The summed E-state index contributed by atoms with van der Waals surface area (Å²) in [5, 5.41) is 41.4. The number of carboxylic acid groups (broad SMARTS) is 3. The van der Waals surface area contributed by atoms with Crippen molar-refractivity contribution >= 4 is 76.9 Å². The summed E-state index contributed by atoms with van der Waals surface area (Å²) >= 11 is 3.97. The van der Waals surface area contributed by atoms with Crippen LogP contribution in [0.5, 0.6) is 0 Å². The Labute approximate surface area is 326 Å². The van der Waals surface area contributed by atoms with E-state index in [-0.39, 0.29) is 37.5 Å². The molecule has 0 saturated carbocycles. The van der Waals surface area contributed by atoms with Gasteiger partial charge >= 0.3 is 17.9 Å². The van der Waals surface area contributed by atoms with Crippen molar-refractivity contribution in [3.63, 3.8) is 0 Å². The molecule has 1 heterocycles. The molecular formula is C34H50N10O11S. The zero-order chi connectivity index (χ0) is 42.1. The molecule has 21 nitrogen and oxygen atoms in total. The average molecular weight is 807 g/mol. The van der Waals surface area contributed by atoms with Gasteiger partial charge in [0.25, 0.3) is 0 Å². The van der Waals surface area contributed by atoms with Gasteiger partial charge in [-0.15, -0.1) is 0 Å². The molecule has 6 atom stereocenters. The lowest BCUT2D eigenvalue weighted by molar-refractivity contribution is -0.143. The van der Waals surface area contributed by atoms with Gasteiger partial charge in [0, 0.05) is 42.2 Å². The van der Waals surface area contributed by atoms with Crippen molar-refractivity contribution in [1.29, 1.82) is 0 Å². The molecule has 22 heteroatoms. The number of rotatable bonds is 24. The number of H-pyrrole nitrogens is 1. The minimum Gasteiger partial charge on any atom is -0.481 e. The molecule has 1 aromatic heterocycles. The van der Waals surface area contributed by atoms with Gasteiger partial charge in [-0.3, -0.25) is 38.6 Å². The van der Waals surface area contributed by atoms with Crippen molar-refractivity contribution in [2.24, 2.45) is 28.1 Å². The normalized spacial score (nSPS) is 14.2. The Hall–Kier alpha value is -5.90. The van der Waals surface area contributed by atoms with Crippen LogP contribution in [0.15, 0.2) is 35.5 Å². The minimum absolute atomic E-state index is 0.0614. The van der Waals surface area contributed by atoms with Crippen LogP contribution in [0.1, 0.15) is 51.5 Å². The Kier molecular flexibility index (Phi) is 18.6. The Morgan fingerprint density at radius 1 is 0.768 bits per heavy atom. The molecule has 5 amide bonds. The predicted molar refractivity (Wildman–Crippen MR) is 205 cm³/mol. The van der Waals surface area contributed by atoms with Gasteiger partial charge in [0.05, 0.1) is 12.5 Å². The molecule has 2 rings (SSSR count). The van der Waals surface area contributed by atoms with Crippen molar-refractivity contribution in [1.82, 2.24) is 31.6 Å². The summed E-state index contributed by atoms with van der Waals surface area (Å²) in [6.07, 6.45) is -0.582. The fourth-order valence-electron chi connectivity index (χ4n) is 5.37. The number of benzene rings is 1. The lowest BCUT2D eigenvalue weighted by Crippen LogP contribution is -2.60. The Morgan fingerprint density at radius 3 is 1.91 bits per heavy atom. The van der Waals surface area contributed by atoms with Gasteiger partial charge < -0.3 is 64.1 Å². The Morgan fingerprint density at radius 2 is 1.34 bits per heavy atom. The van der Waals surface area contributed by atoms with Crippen LogP contribution in [0.25, 0.3) is 10.9 Å². The first-order chi connectivity index (χ1) is 26.3. The van der Waals surface area contributed by atoms with Crippen molar-refractivity contribution in [2.45, 2.75) is 88.6 Å². The standard InChI is InChI=1S/C34H50N10O11S/c1-16(2)27(32(53)43-24(33(54)55)12-17-14-39-20-7-4-3-6-18(17)20)44-31(52)23(13-26(47)48)42-30(51)22(9-10-25(45)46)41-29(50)21(8-5-11-38-34(36)37)40-28(49)19(35)15-56/h3-4,6-7,14,16,19,21-24,27,39,56H,5,8-13,15,35H2,1-2H3,(H,40,49)(H,41,50)(H,42,51)(H,43,53)(H,44,52)(H,45,46)(H,47,48)(H,54,55)(H4,36,37,38)/t19-,21-,22-,23-,24-,27-/m0/s1. The number of aliphatic imine (C=N–C) groups is 1. The van der Waals surface area contributed by atoms with E-state index in [9.17, 15) is 53.7 Å². The van der Waals surface area contributed by atoms with Gasteiger partial charge in [-0.2, -0.15) is 12.6 Å². The molecule has 0 aliphatic rings. The van der Waals surface area contributed by atoms with E-state index in [0.29, 0.717) is 5.56 Å². The number of carbonyl (C=O) groups excluding carboxylic acids is 5. The van der Waals surface area contributed by atoms with Crippen molar-refractivity contribution < 1.29 is 53.7 Å². The molecule has 0 bridgehead atoms. The summed E-state index contributed by atoms with van der Waals surface area (Å²) in [4.78, 5) is 109. The first-order valence-electron chi connectivity index (χ1n) is 17.5. The van der Waals surface area contributed by atoms with Gasteiger partial charge in [0.1, 0.15) is 30.2 Å². The van der Waals surface area contributed by atoms with Crippen LogP contribution in [0.3, 0.4) is 0 Å². The van der Waals surface area contributed by atoms with E-state index < -0.39 is 109 Å². The number of amides is 5. The summed E-state index contributed by atoms with van der Waals surface area (Å²) in [6.45, 7) is 3.14. The molecule has 15 N–H and O–H groups in total. The first kappa shape index (κ1) is 46.3. The topological polar surface area (TPSA) is 364 Å². The molecule has 56 heavy (non-hydrogen) atoms. The SMILES string of the molecule is CC(C)[C@H](NC(=O)[C@H](CC(=O)O)NC(=O)[C@H](CCC(=O)O)NC(=O)[C@H](CCCN=C(N)N)NC(=O)[C@@H](N)CS)C(=O)N[C@@H](Cc1c[nH]c2ccccc12)C(=O)O. The number of nitrogens with one attached hydrogen (secondary N) is 6. The number of aromatic amines is 1. The zero-order valence-electron chi connectivity index (χ0n) is 30.8. The summed E-state index contributed by atoms with van der Waals surface area (Å²) in [5.74, 6) is -10.1. The Bertz CT molecular complexity index is 1760. The highest BCUT2D eigenvalue weighted by Crippen LogP contribution is 2.19. The number of nitrogens with zero attached hydrogens (tertiary/aromatic N) is 1. The monoisotopic (exact) mass is 806 g/mol. The number of aromatic nitrogens is 1. The summed E-state index contributed by atoms with van der Waals surface area (Å²) in [7, 11) is 0. The van der Waals surface area contributed by atoms with Crippen LogP contribution < -0.4 is 43.8 Å². The number of para-hydroxylation sites is 1. The van der Waals surface area contributed by atoms with Crippen LogP contribution in [-0.2, 0) is 44.8 Å². The maximum Gasteiger partial charge on any atom is 0.326 e. The number of fused-ring (bicyclic) bond motifs is 1. The van der Waals surface area contributed by atoms with E-state index in [4.69, 9.17) is 17.2 Å². The maximum atomic E-state index is 13.5. The average Bonchev–Trinajstić information content (AvgIpc) is 3.54. The third kappa shape index (κ3) is 15.1. The first-order valence-corrected chi connectivity index (χ1v) is 18.1. The lowest BCUT2D eigenvalue weighted by Gasteiger charge is -2.27. The number of guanidine groups is 1. The van der Waals surface area contributed by atoms with Crippen LogP contribution in [-0.4, -0.2) is 122 Å². The van der Waals surface area contributed by atoms with E-state index in [0.717, 1.165) is 10.9 Å². The summed E-state index contributed by atoms with van der Waals surface area (Å²) in [6, 6.07) is -1.65. The molecular weight excluding hydrogens is 756 g/mol. The third-order valence-corrected chi connectivity index (χ3v) is 8.76. The minimum atomic E-state index is -1.86. The molecule has 0 aliphatic carbocycles. The van der Waals surface area contributed by atoms with E-state index in [1.807, 2.05) is 0 Å². The van der Waals surface area contributed by atoms with Crippen LogP contribution in [0.4, 0.5) is 0 Å². The fraction of sp³-hybridized carbons (Fsp3) is 0.500. The van der Waals surface area contributed by atoms with Gasteiger partial charge in [-0.1, -0.05) is 32.0 Å². The van der Waals surface area contributed by atoms with Crippen LogP contribution in [0, 0.1) is 5.92 Å². The molecule has 0 radical (unpaired) electrons. The van der Waals surface area contributed by atoms with E-state index in [1.54, 1.807) is 30.5 Å². The van der Waals surface area contributed by atoms with Gasteiger partial charge in [-0.05, 0) is 36.8 Å². The molecule has 0 unspecified atom stereocenters. The molecule has 1 aromatic carbocycles. The van der Waals surface area contributed by atoms with Crippen molar-refractivity contribution in [2.75, 3.05) is 12.3 Å². The van der Waals surface area contributed by atoms with E-state index >= 15 is 0 Å². The molecule has 0 aliphatic heterocycles. The largest absolute Gasteiger partial charge is 0.481 e. The zero-order valence-corrected chi connectivity index (χ0v) is 31.7. The predicted octanol–water partition coefficient (Wildman–Crippen LogP) is -2.47. The lowest BCUT2D eigenvalue weighted by atomic mass is 10.00. The summed E-state index contributed by atoms with van der Waals surface area (Å²) < 4.78 is 0. The number of aliphatic carboxylic acids is 3. The molecule has 0 saturated heterocycles. The third-order valence-electron chi connectivity index (χ3n) is 8.36. The maximum absolute atomic E-state index is 13.5. The smallest absolute Gasteiger partial charge is 0.326 e. The highest BCUT2D eigenvalue weighted by Gasteiger charge is 2.35. The molecule has 2 aromatic rings. The number of carbonyl (C=O) groups is 8. The van der Waals surface area contributed by atoms with Crippen molar-refractivity contribution in [3.8, 4) is 0 Å². The number of thiol groups is 1.